The van der Waals surface area contributed by atoms with Gasteiger partial charge in [-0.15, -0.1) is 0 Å². The minimum Gasteiger partial charge on any atom is -0.198 e. The Balaban J connectivity index is 1.86. The van der Waals surface area contributed by atoms with Gasteiger partial charge in [-0.1, -0.05) is 13.8 Å². The predicted octanol–water partition coefficient (Wildman–Crippen LogP) is 3.22. The second-order valence-corrected chi connectivity index (χ2v) is 6.42. The summed E-state index contributed by atoms with van der Waals surface area (Å²) in [5.74, 6) is 4.14. The summed E-state index contributed by atoms with van der Waals surface area (Å²) in [6.45, 7) is 4.88. The van der Waals surface area contributed by atoms with Crippen LogP contribution in [0.15, 0.2) is 0 Å². The molecule has 5 atom stereocenters. The largest absolute Gasteiger partial charge is 0.198 e. The zero-order chi connectivity index (χ0) is 9.92. The summed E-state index contributed by atoms with van der Waals surface area (Å²) in [6.07, 6.45) is 5.33. The molecular weight excluding hydrogens is 170 g/mol. The SMILES string of the molecule is CC1(C)CC2CC1C1CC(C#N)CC21. The summed E-state index contributed by atoms with van der Waals surface area (Å²) >= 11 is 0. The number of hydrogen-bond donors (Lipinski definition) is 0. The Kier molecular flexibility index (Phi) is 1.59. The van der Waals surface area contributed by atoms with Gasteiger partial charge in [0.05, 0.1) is 6.07 Å². The molecule has 1 nitrogen and oxygen atoms in total. The molecule has 5 unspecified atom stereocenters. The van der Waals surface area contributed by atoms with E-state index in [1.165, 1.54) is 25.7 Å². The van der Waals surface area contributed by atoms with Crippen molar-refractivity contribution in [2.45, 2.75) is 39.5 Å². The van der Waals surface area contributed by atoms with E-state index >= 15 is 0 Å². The van der Waals surface area contributed by atoms with Gasteiger partial charge in [-0.2, -0.15) is 5.26 Å². The highest BCUT2D eigenvalue weighted by molar-refractivity contribution is 5.10. The van der Waals surface area contributed by atoms with Gasteiger partial charge in [0, 0.05) is 5.92 Å². The fraction of sp³-hybridized carbons (Fsp3) is 0.923. The van der Waals surface area contributed by atoms with Gasteiger partial charge in [0.2, 0.25) is 0 Å². The van der Waals surface area contributed by atoms with Gasteiger partial charge in [0.15, 0.2) is 0 Å². The topological polar surface area (TPSA) is 23.8 Å². The molecule has 0 saturated heterocycles. The Bertz CT molecular complexity index is 299. The quantitative estimate of drug-likeness (QED) is 0.574. The van der Waals surface area contributed by atoms with Crippen molar-refractivity contribution in [2.24, 2.45) is 35.0 Å². The molecule has 3 aliphatic carbocycles. The van der Waals surface area contributed by atoms with Crippen LogP contribution in [0.5, 0.6) is 0 Å². The van der Waals surface area contributed by atoms with Gasteiger partial charge in [0.25, 0.3) is 0 Å². The fourth-order valence-corrected chi connectivity index (χ4v) is 4.85. The lowest BCUT2D eigenvalue weighted by Crippen LogP contribution is -2.30. The van der Waals surface area contributed by atoms with Crippen LogP contribution >= 0.6 is 0 Å². The van der Waals surface area contributed by atoms with Crippen molar-refractivity contribution in [3.63, 3.8) is 0 Å². The molecule has 3 rings (SSSR count). The van der Waals surface area contributed by atoms with Gasteiger partial charge in [-0.05, 0) is 54.8 Å². The van der Waals surface area contributed by atoms with Crippen LogP contribution in [0.1, 0.15) is 39.5 Å². The van der Waals surface area contributed by atoms with E-state index in [4.69, 9.17) is 5.26 Å². The van der Waals surface area contributed by atoms with E-state index in [1.54, 1.807) is 0 Å². The van der Waals surface area contributed by atoms with E-state index in [0.717, 1.165) is 23.7 Å². The molecule has 3 fully saturated rings. The molecule has 0 radical (unpaired) electrons. The first-order valence-corrected chi connectivity index (χ1v) is 6.01. The summed E-state index contributed by atoms with van der Waals surface area (Å²) in [7, 11) is 0. The predicted molar refractivity (Wildman–Crippen MR) is 55.3 cm³/mol. The van der Waals surface area contributed by atoms with Gasteiger partial charge >= 0.3 is 0 Å². The summed E-state index contributed by atoms with van der Waals surface area (Å²) in [4.78, 5) is 0. The molecule has 0 heterocycles. The maximum absolute atomic E-state index is 8.99. The van der Waals surface area contributed by atoms with Crippen LogP contribution in [-0.4, -0.2) is 0 Å². The lowest BCUT2D eigenvalue weighted by molar-refractivity contribution is 0.117. The minimum absolute atomic E-state index is 0.393. The van der Waals surface area contributed by atoms with Crippen molar-refractivity contribution in [1.29, 1.82) is 5.26 Å². The summed E-state index contributed by atoms with van der Waals surface area (Å²) in [5.41, 5.74) is 0.580. The Hall–Kier alpha value is -0.510. The highest BCUT2D eigenvalue weighted by Gasteiger charge is 2.58. The van der Waals surface area contributed by atoms with E-state index in [9.17, 15) is 0 Å². The molecule has 14 heavy (non-hydrogen) atoms. The molecule has 2 bridgehead atoms. The fourth-order valence-electron chi connectivity index (χ4n) is 4.85. The number of nitrogens with zero attached hydrogens (tertiary/aromatic N) is 1. The van der Waals surface area contributed by atoms with Crippen molar-refractivity contribution in [3.05, 3.63) is 0 Å². The van der Waals surface area contributed by atoms with Crippen LogP contribution in [0.25, 0.3) is 0 Å². The lowest BCUT2D eigenvalue weighted by atomic mass is 9.68. The zero-order valence-corrected chi connectivity index (χ0v) is 9.16. The summed E-state index contributed by atoms with van der Waals surface area (Å²) < 4.78 is 0. The van der Waals surface area contributed by atoms with Crippen LogP contribution in [-0.2, 0) is 0 Å². The lowest BCUT2D eigenvalue weighted by Gasteiger charge is -2.37. The van der Waals surface area contributed by atoms with Gasteiger partial charge in [0.1, 0.15) is 0 Å². The molecule has 0 spiro atoms. The first-order valence-electron chi connectivity index (χ1n) is 6.01. The molecule has 0 aromatic carbocycles. The van der Waals surface area contributed by atoms with E-state index in [1.807, 2.05) is 0 Å². The van der Waals surface area contributed by atoms with Gasteiger partial charge in [-0.3, -0.25) is 0 Å². The van der Waals surface area contributed by atoms with E-state index in [0.29, 0.717) is 11.3 Å². The van der Waals surface area contributed by atoms with Crippen molar-refractivity contribution in [2.75, 3.05) is 0 Å². The monoisotopic (exact) mass is 189 g/mol. The van der Waals surface area contributed by atoms with E-state index in [-0.39, 0.29) is 0 Å². The number of fused-ring (bicyclic) bond motifs is 5. The standard InChI is InChI=1S/C13H19N/c1-13(2)6-9-5-12(13)11-4-8(7-14)3-10(9)11/h8-12H,3-6H2,1-2H3. The number of rotatable bonds is 0. The maximum Gasteiger partial charge on any atom is 0.0656 e. The molecule has 3 saturated carbocycles. The molecular formula is C13H19N. The maximum atomic E-state index is 8.99. The highest BCUT2D eigenvalue weighted by atomic mass is 14.6. The second-order valence-electron chi connectivity index (χ2n) is 6.42. The van der Waals surface area contributed by atoms with Crippen LogP contribution in [0, 0.1) is 46.3 Å². The van der Waals surface area contributed by atoms with Gasteiger partial charge < -0.3 is 0 Å². The minimum atomic E-state index is 0.393. The van der Waals surface area contributed by atoms with Crippen molar-refractivity contribution in [1.82, 2.24) is 0 Å². The average Bonchev–Trinajstić information content (AvgIpc) is 2.70. The smallest absolute Gasteiger partial charge is 0.0656 e. The third-order valence-electron chi connectivity index (χ3n) is 5.32. The van der Waals surface area contributed by atoms with E-state index in [2.05, 4.69) is 19.9 Å². The molecule has 0 aromatic heterocycles. The Morgan fingerprint density at radius 1 is 1.14 bits per heavy atom. The van der Waals surface area contributed by atoms with Crippen molar-refractivity contribution in [3.8, 4) is 6.07 Å². The Morgan fingerprint density at radius 3 is 2.57 bits per heavy atom. The Labute approximate surface area is 86.5 Å². The van der Waals surface area contributed by atoms with Gasteiger partial charge in [-0.25, -0.2) is 0 Å². The third kappa shape index (κ3) is 0.950. The molecule has 0 aromatic rings. The molecule has 1 heteroatoms. The van der Waals surface area contributed by atoms with Crippen molar-refractivity contribution < 1.29 is 0 Å². The zero-order valence-electron chi connectivity index (χ0n) is 9.16. The average molecular weight is 189 g/mol. The molecule has 0 N–H and O–H groups in total. The van der Waals surface area contributed by atoms with Crippen LogP contribution < -0.4 is 0 Å². The second kappa shape index (κ2) is 2.54. The molecule has 3 aliphatic rings. The first-order chi connectivity index (χ1) is 6.62. The number of nitriles is 1. The normalized spacial score (nSPS) is 53.1. The molecule has 76 valence electrons. The summed E-state index contributed by atoms with van der Waals surface area (Å²) in [5, 5.41) is 8.99. The highest BCUT2D eigenvalue weighted by Crippen LogP contribution is 2.66. The van der Waals surface area contributed by atoms with Crippen LogP contribution in [0.3, 0.4) is 0 Å². The Morgan fingerprint density at radius 2 is 1.86 bits per heavy atom. The molecule has 0 amide bonds. The number of hydrogen-bond acceptors (Lipinski definition) is 1. The summed E-state index contributed by atoms with van der Waals surface area (Å²) in [6, 6.07) is 2.49. The molecule has 0 aliphatic heterocycles. The third-order valence-corrected chi connectivity index (χ3v) is 5.32. The van der Waals surface area contributed by atoms with Crippen LogP contribution in [0.4, 0.5) is 0 Å². The van der Waals surface area contributed by atoms with Crippen LogP contribution in [0.2, 0.25) is 0 Å². The van der Waals surface area contributed by atoms with E-state index < -0.39 is 0 Å². The first kappa shape index (κ1) is 8.77. The van der Waals surface area contributed by atoms with Crippen molar-refractivity contribution >= 4 is 0 Å².